The van der Waals surface area contributed by atoms with Crippen LogP contribution in [0.1, 0.15) is 35.7 Å². The van der Waals surface area contributed by atoms with Crippen LogP contribution < -0.4 is 4.74 Å². The molecular formula is C11H14O2S. The van der Waals surface area contributed by atoms with Crippen LogP contribution in [0.15, 0.2) is 18.2 Å². The van der Waals surface area contributed by atoms with Crippen LogP contribution in [0.25, 0.3) is 0 Å². The third-order valence-electron chi connectivity index (χ3n) is 2.12. The molecule has 0 radical (unpaired) electrons. The number of rotatable bonds is 3. The smallest absolute Gasteiger partial charge is 0.220 e. The molecule has 0 heterocycles. The summed E-state index contributed by atoms with van der Waals surface area (Å²) in [6.45, 7) is 4.16. The molecule has 0 amide bonds. The minimum absolute atomic E-state index is 0.260. The Balaban J connectivity index is 3.21. The second-order valence-corrected chi connectivity index (χ2v) is 3.83. The van der Waals surface area contributed by atoms with Crippen LogP contribution in [0.3, 0.4) is 0 Å². The third-order valence-corrected chi connectivity index (χ3v) is 2.36. The van der Waals surface area contributed by atoms with E-state index in [0.717, 1.165) is 5.56 Å². The molecule has 0 fully saturated rings. The zero-order valence-corrected chi connectivity index (χ0v) is 9.47. The second-order valence-electron chi connectivity index (χ2n) is 3.42. The van der Waals surface area contributed by atoms with Gasteiger partial charge in [-0.3, -0.25) is 4.79 Å². The number of carbonyl (C=O) groups is 1. The molecular weight excluding hydrogens is 196 g/mol. The van der Waals surface area contributed by atoms with Crippen LogP contribution in [0.5, 0.6) is 5.75 Å². The molecule has 0 saturated carbocycles. The summed E-state index contributed by atoms with van der Waals surface area (Å²) < 4.78 is 5.07. The Kier molecular flexibility index (Phi) is 3.58. The standard InChI is InChI=1S/C11H14O2S/c1-7(2)8-4-5-10(13-3)9(6-8)11(12)14/h4-7H,1-3H3,(H,12,14). The first-order valence-electron chi connectivity index (χ1n) is 4.47. The first kappa shape index (κ1) is 11.1. The summed E-state index contributed by atoms with van der Waals surface area (Å²) in [6, 6.07) is 5.60. The molecule has 1 rings (SSSR count). The van der Waals surface area contributed by atoms with Crippen molar-refractivity contribution in [3.8, 4) is 5.75 Å². The molecule has 0 aliphatic rings. The van der Waals surface area contributed by atoms with Gasteiger partial charge in [0.2, 0.25) is 5.12 Å². The molecule has 1 aromatic rings. The van der Waals surface area contributed by atoms with Crippen molar-refractivity contribution >= 4 is 17.7 Å². The SMILES string of the molecule is COc1ccc(C(C)C)cc1C(=O)S. The van der Waals surface area contributed by atoms with E-state index < -0.39 is 0 Å². The van der Waals surface area contributed by atoms with Crippen molar-refractivity contribution in [1.82, 2.24) is 0 Å². The van der Waals surface area contributed by atoms with E-state index in [4.69, 9.17) is 4.74 Å². The molecule has 0 spiro atoms. The summed E-state index contributed by atoms with van der Waals surface area (Å²) in [7, 11) is 1.55. The van der Waals surface area contributed by atoms with E-state index in [1.165, 1.54) is 0 Å². The van der Waals surface area contributed by atoms with Gasteiger partial charge in [-0.15, -0.1) is 12.6 Å². The number of benzene rings is 1. The van der Waals surface area contributed by atoms with Gasteiger partial charge in [-0.1, -0.05) is 19.9 Å². The maximum absolute atomic E-state index is 11.2. The number of thiol groups is 1. The highest BCUT2D eigenvalue weighted by Crippen LogP contribution is 2.25. The fourth-order valence-corrected chi connectivity index (χ4v) is 1.43. The molecule has 0 aliphatic carbocycles. The minimum Gasteiger partial charge on any atom is -0.496 e. The maximum Gasteiger partial charge on any atom is 0.220 e. The van der Waals surface area contributed by atoms with Gasteiger partial charge in [0.25, 0.3) is 0 Å². The van der Waals surface area contributed by atoms with Crippen molar-refractivity contribution in [2.75, 3.05) is 7.11 Å². The second kappa shape index (κ2) is 4.51. The first-order chi connectivity index (χ1) is 6.56. The Bertz CT molecular complexity index is 345. The Hall–Kier alpha value is -0.960. The van der Waals surface area contributed by atoms with Crippen molar-refractivity contribution in [1.29, 1.82) is 0 Å². The lowest BCUT2D eigenvalue weighted by Gasteiger charge is -2.10. The van der Waals surface area contributed by atoms with Crippen LogP contribution in [0.4, 0.5) is 0 Å². The average Bonchev–Trinajstić information content (AvgIpc) is 2.16. The largest absolute Gasteiger partial charge is 0.496 e. The van der Waals surface area contributed by atoms with E-state index in [2.05, 4.69) is 26.5 Å². The van der Waals surface area contributed by atoms with E-state index in [1.807, 2.05) is 12.1 Å². The number of hydrogen-bond acceptors (Lipinski definition) is 2. The van der Waals surface area contributed by atoms with Crippen molar-refractivity contribution in [2.45, 2.75) is 19.8 Å². The molecule has 0 aromatic heterocycles. The predicted octanol–water partition coefficient (Wildman–Crippen LogP) is 2.89. The van der Waals surface area contributed by atoms with Crippen LogP contribution in [0, 0.1) is 0 Å². The number of hydrogen-bond donors (Lipinski definition) is 1. The monoisotopic (exact) mass is 210 g/mol. The molecule has 0 N–H and O–H groups in total. The maximum atomic E-state index is 11.2. The number of carbonyl (C=O) groups excluding carboxylic acids is 1. The molecule has 0 unspecified atom stereocenters. The van der Waals surface area contributed by atoms with Gasteiger partial charge in [0.05, 0.1) is 12.7 Å². The van der Waals surface area contributed by atoms with Crippen molar-refractivity contribution in [2.24, 2.45) is 0 Å². The fourth-order valence-electron chi connectivity index (χ4n) is 1.25. The number of ether oxygens (including phenoxy) is 1. The van der Waals surface area contributed by atoms with Gasteiger partial charge in [0.1, 0.15) is 5.75 Å². The Morgan fingerprint density at radius 2 is 2.07 bits per heavy atom. The van der Waals surface area contributed by atoms with Crippen LogP contribution >= 0.6 is 12.6 Å². The summed E-state index contributed by atoms with van der Waals surface area (Å²) >= 11 is 3.81. The number of methoxy groups -OCH3 is 1. The van der Waals surface area contributed by atoms with E-state index in [-0.39, 0.29) is 5.12 Å². The molecule has 76 valence electrons. The highest BCUT2D eigenvalue weighted by molar-refractivity contribution is 7.97. The highest BCUT2D eigenvalue weighted by atomic mass is 32.1. The van der Waals surface area contributed by atoms with Gasteiger partial charge in [0, 0.05) is 0 Å². The summed E-state index contributed by atoms with van der Waals surface area (Å²) in [6.07, 6.45) is 0. The summed E-state index contributed by atoms with van der Waals surface area (Å²) in [4.78, 5) is 11.2. The molecule has 3 heteroatoms. The zero-order valence-electron chi connectivity index (χ0n) is 8.57. The summed E-state index contributed by atoms with van der Waals surface area (Å²) in [5.74, 6) is 0.974. The minimum atomic E-state index is -0.260. The molecule has 1 aromatic carbocycles. The van der Waals surface area contributed by atoms with E-state index in [1.54, 1.807) is 13.2 Å². The lowest BCUT2D eigenvalue weighted by Crippen LogP contribution is -1.98. The molecule has 2 nitrogen and oxygen atoms in total. The van der Waals surface area contributed by atoms with Gasteiger partial charge < -0.3 is 4.74 Å². The van der Waals surface area contributed by atoms with Gasteiger partial charge >= 0.3 is 0 Å². The highest BCUT2D eigenvalue weighted by Gasteiger charge is 2.10. The van der Waals surface area contributed by atoms with E-state index in [0.29, 0.717) is 17.2 Å². The van der Waals surface area contributed by atoms with Crippen LogP contribution in [-0.2, 0) is 0 Å². The summed E-state index contributed by atoms with van der Waals surface area (Å²) in [5.41, 5.74) is 1.64. The normalized spacial score (nSPS) is 10.4. The Morgan fingerprint density at radius 3 is 2.50 bits per heavy atom. The zero-order chi connectivity index (χ0) is 10.7. The molecule has 0 atom stereocenters. The van der Waals surface area contributed by atoms with Crippen LogP contribution in [0.2, 0.25) is 0 Å². The molecule has 0 bridgehead atoms. The van der Waals surface area contributed by atoms with Crippen LogP contribution in [-0.4, -0.2) is 12.2 Å². The first-order valence-corrected chi connectivity index (χ1v) is 4.92. The van der Waals surface area contributed by atoms with Gasteiger partial charge in [-0.05, 0) is 23.6 Å². The quantitative estimate of drug-likeness (QED) is 0.776. The topological polar surface area (TPSA) is 26.3 Å². The van der Waals surface area contributed by atoms with E-state index in [9.17, 15) is 4.79 Å². The lowest BCUT2D eigenvalue weighted by atomic mass is 10.0. The van der Waals surface area contributed by atoms with E-state index >= 15 is 0 Å². The third kappa shape index (κ3) is 2.29. The fraction of sp³-hybridized carbons (Fsp3) is 0.364. The Labute approximate surface area is 89.7 Å². The molecule has 14 heavy (non-hydrogen) atoms. The van der Waals surface area contributed by atoms with Gasteiger partial charge in [-0.25, -0.2) is 0 Å². The van der Waals surface area contributed by atoms with Crippen molar-refractivity contribution < 1.29 is 9.53 Å². The van der Waals surface area contributed by atoms with Gasteiger partial charge in [0.15, 0.2) is 0 Å². The lowest BCUT2D eigenvalue weighted by molar-refractivity contribution is 0.108. The average molecular weight is 210 g/mol. The predicted molar refractivity (Wildman–Crippen MR) is 60.4 cm³/mol. The molecule has 0 saturated heterocycles. The molecule has 0 aliphatic heterocycles. The Morgan fingerprint density at radius 1 is 1.43 bits per heavy atom. The van der Waals surface area contributed by atoms with Crippen molar-refractivity contribution in [3.63, 3.8) is 0 Å². The summed E-state index contributed by atoms with van der Waals surface area (Å²) in [5, 5.41) is -0.260. The van der Waals surface area contributed by atoms with Gasteiger partial charge in [-0.2, -0.15) is 0 Å². The van der Waals surface area contributed by atoms with Crippen molar-refractivity contribution in [3.05, 3.63) is 29.3 Å².